The van der Waals surface area contributed by atoms with E-state index in [1.54, 1.807) is 20.0 Å². The summed E-state index contributed by atoms with van der Waals surface area (Å²) in [5.41, 5.74) is 7.48. The first-order chi connectivity index (χ1) is 14.4. The summed E-state index contributed by atoms with van der Waals surface area (Å²) >= 11 is 0. The first-order valence-electron chi connectivity index (χ1n) is 10.9. The molecule has 0 bridgehead atoms. The second-order valence-corrected chi connectivity index (χ2v) is 9.29. The maximum Gasteiger partial charge on any atom is 0.391 e. The van der Waals surface area contributed by atoms with Gasteiger partial charge in [0.05, 0.1) is 34.1 Å². The van der Waals surface area contributed by atoms with Gasteiger partial charge in [0.2, 0.25) is 0 Å². The number of anilines is 3. The van der Waals surface area contributed by atoms with Crippen LogP contribution in [0.3, 0.4) is 0 Å². The number of nitrogens with one attached hydrogen (secondary N) is 2. The van der Waals surface area contributed by atoms with Crippen LogP contribution in [-0.4, -0.2) is 49.0 Å². The average molecular weight is 443 g/mol. The van der Waals surface area contributed by atoms with Crippen molar-refractivity contribution in [3.63, 3.8) is 0 Å². The molecule has 1 saturated heterocycles. The Balaban J connectivity index is 1.74. The number of carbonyl (C=O) groups is 1. The molecule has 1 aromatic carbocycles. The van der Waals surface area contributed by atoms with Crippen LogP contribution in [0.1, 0.15) is 56.3 Å². The minimum Gasteiger partial charge on any atom is -0.397 e. The van der Waals surface area contributed by atoms with E-state index in [-0.39, 0.29) is 30.7 Å². The van der Waals surface area contributed by atoms with E-state index >= 15 is 0 Å². The molecule has 1 heterocycles. The Hall–Kier alpha value is -2.16. The Morgan fingerprint density at radius 2 is 1.94 bits per heavy atom. The summed E-state index contributed by atoms with van der Waals surface area (Å²) in [5.74, 6) is -1.54. The van der Waals surface area contributed by atoms with Gasteiger partial charge in [-0.25, -0.2) is 0 Å². The summed E-state index contributed by atoms with van der Waals surface area (Å²) in [4.78, 5) is 15.1. The van der Waals surface area contributed by atoms with Crippen molar-refractivity contribution in [1.82, 2.24) is 5.32 Å². The van der Waals surface area contributed by atoms with Gasteiger partial charge in [0.1, 0.15) is 0 Å². The lowest BCUT2D eigenvalue weighted by Crippen LogP contribution is -2.41. The fourth-order valence-electron chi connectivity index (χ4n) is 4.76. The van der Waals surface area contributed by atoms with Crippen molar-refractivity contribution in [2.45, 2.75) is 63.8 Å². The van der Waals surface area contributed by atoms with E-state index in [9.17, 15) is 23.1 Å². The number of amides is 1. The molecule has 1 aliphatic carbocycles. The van der Waals surface area contributed by atoms with Gasteiger partial charge in [-0.1, -0.05) is 0 Å². The molecule has 0 spiro atoms. The third kappa shape index (κ3) is 5.37. The number of hydrogen-bond donors (Lipinski definition) is 4. The van der Waals surface area contributed by atoms with E-state index in [2.05, 4.69) is 10.6 Å². The molecular formula is C22H33F3N4O2. The number of halogens is 3. The summed E-state index contributed by atoms with van der Waals surface area (Å²) in [7, 11) is 1.74. The number of β-amino-alcohol motifs (C(OH)–C–C–N with tert-alkyl or cyclic N) is 1. The Kier molecular flexibility index (Phi) is 6.64. The Morgan fingerprint density at radius 1 is 1.29 bits per heavy atom. The van der Waals surface area contributed by atoms with Gasteiger partial charge in [0.25, 0.3) is 5.91 Å². The van der Waals surface area contributed by atoms with E-state index in [1.807, 2.05) is 17.9 Å². The normalized spacial score (nSPS) is 27.8. The summed E-state index contributed by atoms with van der Waals surface area (Å²) in [6.45, 7) is 4.62. The quantitative estimate of drug-likeness (QED) is 0.522. The van der Waals surface area contributed by atoms with Crippen molar-refractivity contribution in [3.8, 4) is 0 Å². The van der Waals surface area contributed by atoms with Crippen LogP contribution >= 0.6 is 0 Å². The highest BCUT2D eigenvalue weighted by Crippen LogP contribution is 2.40. The number of alkyl halides is 3. The van der Waals surface area contributed by atoms with Crippen LogP contribution < -0.4 is 21.3 Å². The standard InChI is InChI=1S/C22H33F3N4O2/c1-13(14-4-6-15(7-5-14)22(23,24)25)28-20(30)16-10-17(26)18(27-3)11-19(16)29-9-8-21(2,31)12-29/h10-11,13-15,27,31H,4-9,12,26H2,1-3H3,(H,28,30)/t13-,14?,15?,21?/m1/s1. The molecule has 0 aromatic heterocycles. The second-order valence-electron chi connectivity index (χ2n) is 9.29. The molecule has 1 unspecified atom stereocenters. The van der Waals surface area contributed by atoms with Crippen LogP contribution in [0.5, 0.6) is 0 Å². The fraction of sp³-hybridized carbons (Fsp3) is 0.682. The number of nitrogen functional groups attached to an aromatic ring is 1. The van der Waals surface area contributed by atoms with E-state index < -0.39 is 17.7 Å². The van der Waals surface area contributed by atoms with Gasteiger partial charge in [0, 0.05) is 26.2 Å². The molecule has 1 saturated carbocycles. The zero-order valence-electron chi connectivity index (χ0n) is 18.4. The van der Waals surface area contributed by atoms with E-state index in [0.29, 0.717) is 55.0 Å². The van der Waals surface area contributed by atoms with Crippen LogP contribution in [0.4, 0.5) is 30.2 Å². The van der Waals surface area contributed by atoms with Crippen molar-refractivity contribution in [2.24, 2.45) is 11.8 Å². The Labute approximate surface area is 181 Å². The molecule has 0 radical (unpaired) electrons. The maximum absolute atomic E-state index is 13.2. The van der Waals surface area contributed by atoms with E-state index in [1.165, 1.54) is 0 Å². The Morgan fingerprint density at radius 3 is 2.45 bits per heavy atom. The molecule has 1 aromatic rings. The smallest absolute Gasteiger partial charge is 0.391 e. The van der Waals surface area contributed by atoms with E-state index in [0.717, 1.165) is 0 Å². The van der Waals surface area contributed by atoms with Crippen molar-refractivity contribution in [2.75, 3.05) is 36.1 Å². The predicted molar refractivity (Wildman–Crippen MR) is 116 cm³/mol. The average Bonchev–Trinajstić information content (AvgIpc) is 3.06. The first kappa shape index (κ1) is 23.5. The van der Waals surface area contributed by atoms with Gasteiger partial charge in [-0.3, -0.25) is 4.79 Å². The number of benzene rings is 1. The van der Waals surface area contributed by atoms with Crippen molar-refractivity contribution < 1.29 is 23.1 Å². The number of carbonyl (C=O) groups excluding carboxylic acids is 1. The van der Waals surface area contributed by atoms with Gasteiger partial charge in [0.15, 0.2) is 0 Å². The third-order valence-electron chi connectivity index (χ3n) is 6.77. The number of nitrogens with two attached hydrogens (primary N) is 1. The highest BCUT2D eigenvalue weighted by molar-refractivity contribution is 6.02. The second kappa shape index (κ2) is 8.76. The summed E-state index contributed by atoms with van der Waals surface area (Å²) in [5, 5.41) is 16.4. The topological polar surface area (TPSA) is 90.6 Å². The van der Waals surface area contributed by atoms with Crippen LogP contribution in [0.2, 0.25) is 0 Å². The van der Waals surface area contributed by atoms with Crippen molar-refractivity contribution in [3.05, 3.63) is 17.7 Å². The molecule has 6 nitrogen and oxygen atoms in total. The summed E-state index contributed by atoms with van der Waals surface area (Å²) in [6.07, 6.45) is -2.47. The van der Waals surface area contributed by atoms with Crippen molar-refractivity contribution in [1.29, 1.82) is 0 Å². The molecular weight excluding hydrogens is 409 g/mol. The van der Waals surface area contributed by atoms with Gasteiger partial charge in [-0.05, 0) is 64.0 Å². The molecule has 3 rings (SSSR count). The number of hydrogen-bond acceptors (Lipinski definition) is 5. The zero-order chi connectivity index (χ0) is 23.0. The monoisotopic (exact) mass is 442 g/mol. The third-order valence-corrected chi connectivity index (χ3v) is 6.77. The van der Waals surface area contributed by atoms with Crippen LogP contribution in [0, 0.1) is 11.8 Å². The molecule has 5 N–H and O–H groups in total. The SMILES string of the molecule is CNc1cc(N2CCC(C)(O)C2)c(C(=O)N[C@H](C)C2CCC(C(F)(F)F)CC2)cc1N. The van der Waals surface area contributed by atoms with Crippen LogP contribution in [0.25, 0.3) is 0 Å². The summed E-state index contributed by atoms with van der Waals surface area (Å²) < 4.78 is 38.8. The first-order valence-corrected chi connectivity index (χ1v) is 10.9. The molecule has 2 aliphatic rings. The van der Waals surface area contributed by atoms with E-state index in [4.69, 9.17) is 5.73 Å². The van der Waals surface area contributed by atoms with Crippen LogP contribution in [-0.2, 0) is 0 Å². The van der Waals surface area contributed by atoms with Gasteiger partial charge in [-0.15, -0.1) is 0 Å². The summed E-state index contributed by atoms with van der Waals surface area (Å²) in [6, 6.07) is 3.18. The zero-order valence-corrected chi connectivity index (χ0v) is 18.4. The van der Waals surface area contributed by atoms with Crippen LogP contribution in [0.15, 0.2) is 12.1 Å². The molecule has 2 atom stereocenters. The lowest BCUT2D eigenvalue weighted by molar-refractivity contribution is -0.184. The number of nitrogens with zero attached hydrogens (tertiary/aromatic N) is 1. The number of aliphatic hydroxyl groups is 1. The molecule has 9 heteroatoms. The van der Waals surface area contributed by atoms with Gasteiger partial charge in [-0.2, -0.15) is 13.2 Å². The lowest BCUT2D eigenvalue weighted by Gasteiger charge is -2.33. The minimum atomic E-state index is -4.14. The molecule has 1 amide bonds. The lowest BCUT2D eigenvalue weighted by atomic mass is 9.78. The predicted octanol–water partition coefficient (Wildman–Crippen LogP) is 3.76. The minimum absolute atomic E-state index is 0.00690. The van der Waals surface area contributed by atoms with Gasteiger partial charge < -0.3 is 26.4 Å². The highest BCUT2D eigenvalue weighted by atomic mass is 19.4. The Bertz CT molecular complexity index is 805. The van der Waals surface area contributed by atoms with Crippen molar-refractivity contribution >= 4 is 23.0 Å². The largest absolute Gasteiger partial charge is 0.397 e. The molecule has 1 aliphatic heterocycles. The molecule has 2 fully saturated rings. The molecule has 31 heavy (non-hydrogen) atoms. The maximum atomic E-state index is 13.2. The van der Waals surface area contributed by atoms with Gasteiger partial charge >= 0.3 is 6.18 Å². The molecule has 174 valence electrons. The highest BCUT2D eigenvalue weighted by Gasteiger charge is 2.42. The fourth-order valence-corrected chi connectivity index (χ4v) is 4.76. The number of rotatable bonds is 5.